The van der Waals surface area contributed by atoms with Crippen LogP contribution in [0.2, 0.25) is 0 Å². The zero-order chi connectivity index (χ0) is 25.2. The summed E-state index contributed by atoms with van der Waals surface area (Å²) in [5, 5.41) is 0.214. The summed E-state index contributed by atoms with van der Waals surface area (Å²) >= 11 is 0. The molecule has 0 spiro atoms. The monoisotopic (exact) mass is 499 g/mol. The molecular formula is C23H21N3O8S. The lowest BCUT2D eigenvalue weighted by molar-refractivity contribution is 0.0423. The van der Waals surface area contributed by atoms with Crippen molar-refractivity contribution in [2.24, 2.45) is 0 Å². The number of hydrogen-bond acceptors (Lipinski definition) is 11. The average Bonchev–Trinajstić information content (AvgIpc) is 3.41. The fourth-order valence-corrected chi connectivity index (χ4v) is 4.63. The Bertz CT molecular complexity index is 1510. The number of hydrogen-bond donors (Lipinski definition) is 1. The number of fused-ring (bicyclic) bond motifs is 1. The van der Waals surface area contributed by atoms with Crippen LogP contribution in [-0.2, 0) is 31.7 Å². The number of carbonyl (C=O) groups excluding carboxylic acids is 2. The minimum Gasteiger partial charge on any atom is -0.462 e. The van der Waals surface area contributed by atoms with Crippen LogP contribution in [0.1, 0.15) is 45.2 Å². The van der Waals surface area contributed by atoms with Crippen molar-refractivity contribution in [1.82, 2.24) is 9.97 Å². The molecule has 0 aliphatic heterocycles. The molecule has 0 aliphatic carbocycles. The van der Waals surface area contributed by atoms with E-state index in [1.54, 1.807) is 32.0 Å². The normalized spacial score (nSPS) is 11.5. The van der Waals surface area contributed by atoms with Gasteiger partial charge < -0.3 is 24.0 Å². The molecule has 3 heterocycles. The number of carbonyl (C=O) groups is 2. The fraction of sp³-hybridized carbons (Fsp3) is 0.217. The molecule has 0 atom stereocenters. The van der Waals surface area contributed by atoms with Crippen molar-refractivity contribution in [3.05, 3.63) is 71.1 Å². The smallest absolute Gasteiger partial charge is 0.374 e. The molecule has 4 aromatic rings. The Morgan fingerprint density at radius 2 is 1.74 bits per heavy atom. The third-order valence-electron chi connectivity index (χ3n) is 4.91. The summed E-state index contributed by atoms with van der Waals surface area (Å²) in [5.74, 6) is -1.71. The average molecular weight is 500 g/mol. The van der Waals surface area contributed by atoms with Crippen LogP contribution in [0.4, 0.5) is 5.82 Å². The van der Waals surface area contributed by atoms with E-state index in [9.17, 15) is 18.0 Å². The molecule has 3 aromatic heterocycles. The van der Waals surface area contributed by atoms with E-state index in [0.29, 0.717) is 0 Å². The molecular weight excluding hydrogens is 478 g/mol. The summed E-state index contributed by atoms with van der Waals surface area (Å²) in [4.78, 5) is 33.0. The quantitative estimate of drug-likeness (QED) is 0.354. The predicted octanol–water partition coefficient (Wildman–Crippen LogP) is 3.21. The van der Waals surface area contributed by atoms with E-state index in [-0.39, 0.29) is 63.7 Å². The van der Waals surface area contributed by atoms with Gasteiger partial charge in [0.15, 0.2) is 22.3 Å². The van der Waals surface area contributed by atoms with Gasteiger partial charge in [0.2, 0.25) is 11.5 Å². The molecule has 0 unspecified atom stereocenters. The highest BCUT2D eigenvalue weighted by Crippen LogP contribution is 2.29. The Balaban J connectivity index is 1.46. The van der Waals surface area contributed by atoms with Crippen molar-refractivity contribution in [3.8, 4) is 0 Å². The number of esters is 2. The lowest BCUT2D eigenvalue weighted by atomic mass is 10.2. The van der Waals surface area contributed by atoms with Crippen LogP contribution in [0.15, 0.2) is 56.2 Å². The van der Waals surface area contributed by atoms with Gasteiger partial charge in [-0.25, -0.2) is 23.0 Å². The Morgan fingerprint density at radius 3 is 2.46 bits per heavy atom. The van der Waals surface area contributed by atoms with Gasteiger partial charge in [-0.2, -0.15) is 4.98 Å². The fourth-order valence-electron chi connectivity index (χ4n) is 3.36. The van der Waals surface area contributed by atoms with Gasteiger partial charge in [-0.3, -0.25) is 0 Å². The molecule has 182 valence electrons. The number of rotatable bonds is 8. The molecule has 0 saturated heterocycles. The molecule has 2 N–H and O–H groups in total. The summed E-state index contributed by atoms with van der Waals surface area (Å²) in [6, 6.07) is 10.6. The summed E-state index contributed by atoms with van der Waals surface area (Å²) < 4.78 is 46.1. The molecule has 4 rings (SSSR count). The van der Waals surface area contributed by atoms with E-state index in [4.69, 9.17) is 24.0 Å². The summed E-state index contributed by atoms with van der Waals surface area (Å²) in [6.45, 7) is 3.05. The van der Waals surface area contributed by atoms with E-state index >= 15 is 0 Å². The molecule has 0 saturated carbocycles. The first-order valence-corrected chi connectivity index (χ1v) is 12.1. The number of furan rings is 2. The standard InChI is InChI=1S/C23H21N3O8S/c1-3-31-23(28)18-13(2)33-21-19(18)20(24)25-17(26-21)11-32-22(27)16-10-9-14(34-16)12-35(29,30)15-7-5-4-6-8-15/h4-10H,3,11-12H2,1-2H3,(H2,24,25,26). The number of nitrogens with two attached hydrogens (primary N) is 1. The van der Waals surface area contributed by atoms with E-state index in [1.807, 2.05) is 0 Å². The molecule has 0 bridgehead atoms. The van der Waals surface area contributed by atoms with Gasteiger partial charge in [0, 0.05) is 0 Å². The third kappa shape index (κ3) is 5.01. The molecule has 0 amide bonds. The number of nitrogens with zero attached hydrogens (tertiary/aromatic N) is 2. The first-order chi connectivity index (χ1) is 16.7. The van der Waals surface area contributed by atoms with Gasteiger partial charge in [0.25, 0.3) is 0 Å². The van der Waals surface area contributed by atoms with E-state index < -0.39 is 27.5 Å². The highest BCUT2D eigenvalue weighted by molar-refractivity contribution is 7.90. The van der Waals surface area contributed by atoms with Crippen LogP contribution >= 0.6 is 0 Å². The summed E-state index contributed by atoms with van der Waals surface area (Å²) in [5.41, 5.74) is 6.18. The minimum atomic E-state index is -3.64. The van der Waals surface area contributed by atoms with Crippen molar-refractivity contribution < 1.29 is 36.3 Å². The maximum absolute atomic E-state index is 12.5. The lowest BCUT2D eigenvalue weighted by Crippen LogP contribution is -2.09. The van der Waals surface area contributed by atoms with Gasteiger partial charge in [0.05, 0.1) is 16.9 Å². The Hall–Kier alpha value is -4.19. The lowest BCUT2D eigenvalue weighted by Gasteiger charge is -2.05. The van der Waals surface area contributed by atoms with Crippen LogP contribution in [-0.4, -0.2) is 36.9 Å². The van der Waals surface area contributed by atoms with Crippen molar-refractivity contribution in [1.29, 1.82) is 0 Å². The molecule has 0 fully saturated rings. The van der Waals surface area contributed by atoms with Crippen molar-refractivity contribution in [2.45, 2.75) is 31.1 Å². The van der Waals surface area contributed by atoms with E-state index in [1.165, 1.54) is 24.3 Å². The second-order valence-electron chi connectivity index (χ2n) is 7.37. The minimum absolute atomic E-state index is 0.0333. The number of sulfone groups is 1. The van der Waals surface area contributed by atoms with Gasteiger partial charge >= 0.3 is 11.9 Å². The summed E-state index contributed by atoms with van der Waals surface area (Å²) in [6.07, 6.45) is 0. The second-order valence-corrected chi connectivity index (χ2v) is 9.36. The second kappa shape index (κ2) is 9.58. The number of aryl methyl sites for hydroxylation is 1. The van der Waals surface area contributed by atoms with Crippen LogP contribution in [0.3, 0.4) is 0 Å². The highest BCUT2D eigenvalue weighted by atomic mass is 32.2. The molecule has 11 nitrogen and oxygen atoms in total. The van der Waals surface area contributed by atoms with Crippen molar-refractivity contribution >= 4 is 38.7 Å². The topological polar surface area (TPSA) is 165 Å². The number of aromatic nitrogens is 2. The third-order valence-corrected chi connectivity index (χ3v) is 6.57. The SMILES string of the molecule is CCOC(=O)c1c(C)oc2nc(COC(=O)c3ccc(CS(=O)(=O)c4ccccc4)o3)nc(N)c12. The number of anilines is 1. The molecule has 12 heteroatoms. The largest absolute Gasteiger partial charge is 0.462 e. The Kier molecular flexibility index (Phi) is 6.56. The molecule has 0 radical (unpaired) electrons. The first-order valence-electron chi connectivity index (χ1n) is 10.5. The Labute approximate surface area is 199 Å². The van der Waals surface area contributed by atoms with Crippen LogP contribution in [0.5, 0.6) is 0 Å². The molecule has 1 aromatic carbocycles. The molecule has 35 heavy (non-hydrogen) atoms. The van der Waals surface area contributed by atoms with Crippen LogP contribution in [0.25, 0.3) is 11.1 Å². The van der Waals surface area contributed by atoms with Gasteiger partial charge in [-0.15, -0.1) is 0 Å². The highest BCUT2D eigenvalue weighted by Gasteiger charge is 2.25. The number of benzene rings is 1. The Morgan fingerprint density at radius 1 is 1.00 bits per heavy atom. The zero-order valence-corrected chi connectivity index (χ0v) is 19.6. The van der Waals surface area contributed by atoms with E-state index in [0.717, 1.165) is 0 Å². The number of nitrogen functional groups attached to an aromatic ring is 1. The number of ether oxygens (including phenoxy) is 2. The maximum atomic E-state index is 12.5. The van der Waals surface area contributed by atoms with Gasteiger partial charge in [-0.1, -0.05) is 18.2 Å². The van der Waals surface area contributed by atoms with Crippen LogP contribution in [0, 0.1) is 6.92 Å². The zero-order valence-electron chi connectivity index (χ0n) is 18.8. The van der Waals surface area contributed by atoms with E-state index in [2.05, 4.69) is 9.97 Å². The maximum Gasteiger partial charge on any atom is 0.374 e. The summed E-state index contributed by atoms with van der Waals surface area (Å²) in [7, 11) is -3.64. The molecule has 0 aliphatic rings. The predicted molar refractivity (Wildman–Crippen MR) is 122 cm³/mol. The van der Waals surface area contributed by atoms with Gasteiger partial charge in [0.1, 0.15) is 28.7 Å². The van der Waals surface area contributed by atoms with Crippen LogP contribution < -0.4 is 5.73 Å². The first kappa shape index (κ1) is 24.0. The van der Waals surface area contributed by atoms with Gasteiger partial charge in [-0.05, 0) is 38.1 Å². The van der Waals surface area contributed by atoms with Crippen molar-refractivity contribution in [2.75, 3.05) is 12.3 Å². The van der Waals surface area contributed by atoms with Crippen molar-refractivity contribution in [3.63, 3.8) is 0 Å².